The van der Waals surface area contributed by atoms with Gasteiger partial charge in [0.1, 0.15) is 5.69 Å². The lowest BCUT2D eigenvalue weighted by Gasteiger charge is -2.06. The van der Waals surface area contributed by atoms with Crippen LogP contribution in [0, 0.1) is 6.92 Å². The SMILES string of the molecule is Cc1ccc(-n2ccc(CSc3ccnc(C(F)(F)F)c3)n2)cc1. The molecule has 124 valence electrons. The maximum atomic E-state index is 12.7. The minimum atomic E-state index is -4.43. The van der Waals surface area contributed by atoms with Gasteiger partial charge in [0.2, 0.25) is 0 Å². The number of aryl methyl sites for hydroxylation is 1. The summed E-state index contributed by atoms with van der Waals surface area (Å²) in [5.74, 6) is 0.486. The van der Waals surface area contributed by atoms with Gasteiger partial charge in [0.25, 0.3) is 0 Å². The first-order chi connectivity index (χ1) is 11.4. The van der Waals surface area contributed by atoms with Gasteiger partial charge in [-0.1, -0.05) is 17.7 Å². The van der Waals surface area contributed by atoms with E-state index >= 15 is 0 Å². The van der Waals surface area contributed by atoms with Gasteiger partial charge in [0.15, 0.2) is 0 Å². The Kier molecular flexibility index (Phi) is 4.62. The Hall–Kier alpha value is -2.28. The van der Waals surface area contributed by atoms with Crippen molar-refractivity contribution in [2.24, 2.45) is 0 Å². The summed E-state index contributed by atoms with van der Waals surface area (Å²) < 4.78 is 39.7. The molecule has 3 aromatic rings. The van der Waals surface area contributed by atoms with Gasteiger partial charge in [-0.25, -0.2) is 4.68 Å². The van der Waals surface area contributed by atoms with Crippen molar-refractivity contribution in [2.75, 3.05) is 0 Å². The van der Waals surface area contributed by atoms with Crippen LogP contribution < -0.4 is 0 Å². The van der Waals surface area contributed by atoms with Crippen molar-refractivity contribution < 1.29 is 13.2 Å². The Labute approximate surface area is 141 Å². The summed E-state index contributed by atoms with van der Waals surface area (Å²) in [6.45, 7) is 2.01. The van der Waals surface area contributed by atoms with Crippen LogP contribution in [0.5, 0.6) is 0 Å². The second kappa shape index (κ2) is 6.68. The van der Waals surface area contributed by atoms with Crippen molar-refractivity contribution in [1.82, 2.24) is 14.8 Å². The summed E-state index contributed by atoms with van der Waals surface area (Å²) >= 11 is 1.30. The molecule has 3 nitrogen and oxygen atoms in total. The lowest BCUT2D eigenvalue weighted by molar-refractivity contribution is -0.141. The molecule has 2 heterocycles. The summed E-state index contributed by atoms with van der Waals surface area (Å²) in [5, 5.41) is 4.45. The quantitative estimate of drug-likeness (QED) is 0.629. The maximum Gasteiger partial charge on any atom is 0.433 e. The Morgan fingerprint density at radius 2 is 1.83 bits per heavy atom. The number of alkyl halides is 3. The zero-order valence-corrected chi connectivity index (χ0v) is 13.6. The number of thioether (sulfide) groups is 1. The summed E-state index contributed by atoms with van der Waals surface area (Å²) in [7, 11) is 0. The molecule has 7 heteroatoms. The fourth-order valence-electron chi connectivity index (χ4n) is 2.09. The van der Waals surface area contributed by atoms with E-state index in [1.807, 2.05) is 43.5 Å². The van der Waals surface area contributed by atoms with Crippen molar-refractivity contribution in [2.45, 2.75) is 23.7 Å². The van der Waals surface area contributed by atoms with Gasteiger partial charge >= 0.3 is 6.18 Å². The van der Waals surface area contributed by atoms with E-state index in [9.17, 15) is 13.2 Å². The van der Waals surface area contributed by atoms with Gasteiger partial charge in [-0.3, -0.25) is 4.98 Å². The zero-order chi connectivity index (χ0) is 17.2. The second-order valence-corrected chi connectivity index (χ2v) is 6.30. The molecular weight excluding hydrogens is 335 g/mol. The lowest BCUT2D eigenvalue weighted by Crippen LogP contribution is -2.07. The monoisotopic (exact) mass is 349 g/mol. The van der Waals surface area contributed by atoms with Crippen LogP contribution in [-0.2, 0) is 11.9 Å². The Morgan fingerprint density at radius 1 is 1.08 bits per heavy atom. The van der Waals surface area contributed by atoms with Crippen LogP contribution in [0.15, 0.2) is 59.8 Å². The van der Waals surface area contributed by atoms with Crippen LogP contribution in [0.3, 0.4) is 0 Å². The summed E-state index contributed by atoms with van der Waals surface area (Å²) in [5.41, 5.74) is 2.03. The molecule has 24 heavy (non-hydrogen) atoms. The van der Waals surface area contributed by atoms with E-state index in [1.54, 1.807) is 10.7 Å². The van der Waals surface area contributed by atoms with Gasteiger partial charge in [-0.2, -0.15) is 18.3 Å². The molecule has 0 spiro atoms. The third kappa shape index (κ3) is 3.97. The van der Waals surface area contributed by atoms with Gasteiger partial charge in [-0.05, 0) is 37.3 Å². The number of hydrogen-bond acceptors (Lipinski definition) is 3. The van der Waals surface area contributed by atoms with E-state index in [0.29, 0.717) is 10.6 Å². The predicted octanol–water partition coefficient (Wildman–Crippen LogP) is 4.89. The number of nitrogens with zero attached hydrogens (tertiary/aromatic N) is 3. The van der Waals surface area contributed by atoms with Gasteiger partial charge in [0.05, 0.1) is 11.4 Å². The van der Waals surface area contributed by atoms with Crippen LogP contribution in [0.1, 0.15) is 17.0 Å². The smallest absolute Gasteiger partial charge is 0.252 e. The van der Waals surface area contributed by atoms with Crippen molar-refractivity contribution in [1.29, 1.82) is 0 Å². The number of benzene rings is 1. The molecule has 0 radical (unpaired) electrons. The van der Waals surface area contributed by atoms with Crippen molar-refractivity contribution in [3.8, 4) is 5.69 Å². The standard InChI is InChI=1S/C17H14F3N3S/c1-12-2-4-14(5-3-12)23-9-7-13(22-23)11-24-15-6-8-21-16(10-15)17(18,19)20/h2-10H,11H2,1H3. The van der Waals surface area contributed by atoms with Crippen LogP contribution in [0.25, 0.3) is 5.69 Å². The number of halogens is 3. The molecule has 0 amide bonds. The average molecular weight is 349 g/mol. The van der Waals surface area contributed by atoms with E-state index < -0.39 is 11.9 Å². The molecule has 1 aromatic carbocycles. The molecule has 0 aliphatic carbocycles. The van der Waals surface area contributed by atoms with Gasteiger partial charge < -0.3 is 0 Å². The highest BCUT2D eigenvalue weighted by Crippen LogP contribution is 2.31. The first-order valence-corrected chi connectivity index (χ1v) is 8.18. The molecular formula is C17H14F3N3S. The van der Waals surface area contributed by atoms with Crippen molar-refractivity contribution in [3.05, 3.63) is 71.8 Å². The first kappa shape index (κ1) is 16.6. The molecule has 0 N–H and O–H groups in total. The molecule has 0 bridgehead atoms. The van der Waals surface area contributed by atoms with Gasteiger partial charge in [0, 0.05) is 23.0 Å². The van der Waals surface area contributed by atoms with E-state index in [2.05, 4.69) is 10.1 Å². The molecule has 0 atom stereocenters. The normalized spacial score (nSPS) is 11.7. The van der Waals surface area contributed by atoms with Crippen molar-refractivity contribution >= 4 is 11.8 Å². The lowest BCUT2D eigenvalue weighted by atomic mass is 10.2. The summed E-state index contributed by atoms with van der Waals surface area (Å²) in [4.78, 5) is 3.87. The molecule has 0 aliphatic heterocycles. The summed E-state index contributed by atoms with van der Waals surface area (Å²) in [6, 6.07) is 12.4. The third-order valence-corrected chi connectivity index (χ3v) is 4.38. The van der Waals surface area contributed by atoms with Crippen LogP contribution in [0.2, 0.25) is 0 Å². The number of hydrogen-bond donors (Lipinski definition) is 0. The largest absolute Gasteiger partial charge is 0.433 e. The fourth-order valence-corrected chi connectivity index (χ4v) is 2.91. The second-order valence-electron chi connectivity index (χ2n) is 5.25. The molecule has 0 saturated carbocycles. The molecule has 3 rings (SSSR count). The highest BCUT2D eigenvalue weighted by atomic mass is 32.2. The zero-order valence-electron chi connectivity index (χ0n) is 12.8. The molecule has 0 unspecified atom stereocenters. The number of aromatic nitrogens is 3. The van der Waals surface area contributed by atoms with E-state index in [4.69, 9.17) is 0 Å². The number of pyridine rings is 1. The summed E-state index contributed by atoms with van der Waals surface area (Å²) in [6.07, 6.45) is -1.41. The predicted molar refractivity (Wildman–Crippen MR) is 87.1 cm³/mol. The average Bonchev–Trinajstić information content (AvgIpc) is 3.02. The van der Waals surface area contributed by atoms with E-state index in [0.717, 1.165) is 17.4 Å². The molecule has 0 fully saturated rings. The van der Waals surface area contributed by atoms with Crippen LogP contribution in [0.4, 0.5) is 13.2 Å². The maximum absolute atomic E-state index is 12.7. The minimum absolute atomic E-state index is 0.486. The topological polar surface area (TPSA) is 30.7 Å². The number of rotatable bonds is 4. The Morgan fingerprint density at radius 3 is 2.54 bits per heavy atom. The molecule has 0 aliphatic rings. The van der Waals surface area contributed by atoms with E-state index in [1.165, 1.54) is 23.5 Å². The first-order valence-electron chi connectivity index (χ1n) is 7.19. The Bertz CT molecular complexity index is 826. The minimum Gasteiger partial charge on any atom is -0.252 e. The van der Waals surface area contributed by atoms with Crippen molar-refractivity contribution in [3.63, 3.8) is 0 Å². The molecule has 0 saturated heterocycles. The fraction of sp³-hybridized carbons (Fsp3) is 0.176. The highest BCUT2D eigenvalue weighted by molar-refractivity contribution is 7.98. The van der Waals surface area contributed by atoms with Crippen LogP contribution in [-0.4, -0.2) is 14.8 Å². The highest BCUT2D eigenvalue weighted by Gasteiger charge is 2.32. The molecule has 2 aromatic heterocycles. The third-order valence-electron chi connectivity index (χ3n) is 3.35. The Balaban J connectivity index is 1.69. The van der Waals surface area contributed by atoms with Crippen LogP contribution >= 0.6 is 11.8 Å². The van der Waals surface area contributed by atoms with E-state index in [-0.39, 0.29) is 0 Å². The van der Waals surface area contributed by atoms with Gasteiger partial charge in [-0.15, -0.1) is 11.8 Å².